The van der Waals surface area contributed by atoms with Gasteiger partial charge in [-0.25, -0.2) is 9.78 Å². The first-order valence-electron chi connectivity index (χ1n) is 10.0. The van der Waals surface area contributed by atoms with Crippen LogP contribution in [-0.4, -0.2) is 46.4 Å². The van der Waals surface area contributed by atoms with Crippen molar-refractivity contribution in [3.05, 3.63) is 59.9 Å². The fourth-order valence-corrected chi connectivity index (χ4v) is 3.48. The first kappa shape index (κ1) is 20.6. The highest BCUT2D eigenvalue weighted by Gasteiger charge is 2.21. The minimum atomic E-state index is -0.419. The van der Waals surface area contributed by atoms with Crippen molar-refractivity contribution in [1.29, 1.82) is 0 Å². The molecule has 0 radical (unpaired) electrons. The molecule has 6 nitrogen and oxygen atoms in total. The highest BCUT2D eigenvalue weighted by molar-refractivity contribution is 5.89. The molecule has 0 saturated carbocycles. The number of carbonyl (C=O) groups excluding carboxylic acids is 2. The Balaban J connectivity index is 2.10. The molecule has 6 heteroatoms. The zero-order valence-electron chi connectivity index (χ0n) is 17.2. The maximum Gasteiger partial charge on any atom is 0.339 e. The number of fused-ring (bicyclic) bond motifs is 1. The Morgan fingerprint density at radius 1 is 1.03 bits per heavy atom. The Kier molecular flexibility index (Phi) is 6.65. The molecule has 3 rings (SSSR count). The number of amides is 1. The van der Waals surface area contributed by atoms with Crippen molar-refractivity contribution in [3.63, 3.8) is 0 Å². The molecule has 0 saturated heterocycles. The molecule has 0 atom stereocenters. The van der Waals surface area contributed by atoms with Crippen LogP contribution in [0.2, 0.25) is 0 Å². The van der Waals surface area contributed by atoms with Crippen molar-refractivity contribution in [3.8, 4) is 11.3 Å². The molecular weight excluding hydrogens is 366 g/mol. The normalized spacial score (nSPS) is 10.9. The summed E-state index contributed by atoms with van der Waals surface area (Å²) in [4.78, 5) is 31.8. The second-order valence-electron chi connectivity index (χ2n) is 6.97. The maximum absolute atomic E-state index is 13.1. The minimum absolute atomic E-state index is 0.0659. The number of nitrogens with zero attached hydrogens (tertiary/aromatic N) is 3. The van der Waals surface area contributed by atoms with Crippen LogP contribution in [0.5, 0.6) is 0 Å². The van der Waals surface area contributed by atoms with Gasteiger partial charge in [0.05, 0.1) is 30.5 Å². The number of carbonyl (C=O) groups is 2. The van der Waals surface area contributed by atoms with Crippen LogP contribution in [-0.2, 0) is 16.0 Å². The van der Waals surface area contributed by atoms with E-state index in [0.29, 0.717) is 11.2 Å². The number of hydrogen-bond acceptors (Lipinski definition) is 4. The van der Waals surface area contributed by atoms with Crippen molar-refractivity contribution >= 4 is 17.5 Å². The summed E-state index contributed by atoms with van der Waals surface area (Å²) < 4.78 is 6.69. The molecule has 0 aliphatic heterocycles. The summed E-state index contributed by atoms with van der Waals surface area (Å²) >= 11 is 0. The Bertz CT molecular complexity index is 989. The number of aromatic nitrogens is 2. The molecule has 1 amide bonds. The Labute approximate surface area is 171 Å². The lowest BCUT2D eigenvalue weighted by atomic mass is 10.1. The number of pyridine rings is 1. The fourth-order valence-electron chi connectivity index (χ4n) is 3.48. The summed E-state index contributed by atoms with van der Waals surface area (Å²) in [6.07, 6.45) is 3.75. The van der Waals surface area contributed by atoms with Gasteiger partial charge in [0.15, 0.2) is 0 Å². The van der Waals surface area contributed by atoms with Crippen LogP contribution >= 0.6 is 0 Å². The van der Waals surface area contributed by atoms with E-state index in [9.17, 15) is 9.59 Å². The van der Waals surface area contributed by atoms with Crippen LogP contribution in [0.25, 0.3) is 16.9 Å². The summed E-state index contributed by atoms with van der Waals surface area (Å²) in [5.74, 6) is -0.353. The van der Waals surface area contributed by atoms with Crippen molar-refractivity contribution < 1.29 is 14.3 Å². The van der Waals surface area contributed by atoms with E-state index in [1.54, 1.807) is 18.3 Å². The van der Waals surface area contributed by atoms with E-state index >= 15 is 0 Å². The van der Waals surface area contributed by atoms with Crippen molar-refractivity contribution in [2.75, 3.05) is 20.2 Å². The lowest BCUT2D eigenvalue weighted by Gasteiger charge is -2.21. The van der Waals surface area contributed by atoms with Crippen molar-refractivity contribution in [2.45, 2.75) is 33.1 Å². The number of imidazole rings is 1. The number of hydrogen-bond donors (Lipinski definition) is 0. The van der Waals surface area contributed by atoms with Gasteiger partial charge in [-0.05, 0) is 25.0 Å². The number of ether oxygens (including phenoxy) is 1. The quantitative estimate of drug-likeness (QED) is 0.543. The molecule has 2 heterocycles. The summed E-state index contributed by atoms with van der Waals surface area (Å²) in [5, 5.41) is 0. The zero-order chi connectivity index (χ0) is 20.8. The minimum Gasteiger partial charge on any atom is -0.465 e. The van der Waals surface area contributed by atoms with E-state index < -0.39 is 5.97 Å². The molecule has 0 aliphatic carbocycles. The predicted molar refractivity (Wildman–Crippen MR) is 113 cm³/mol. The number of esters is 1. The van der Waals surface area contributed by atoms with Crippen LogP contribution in [0.4, 0.5) is 0 Å². The smallest absolute Gasteiger partial charge is 0.339 e. The molecule has 0 N–H and O–H groups in total. The first-order chi connectivity index (χ1) is 14.1. The first-order valence-corrected chi connectivity index (χ1v) is 10.0. The van der Waals surface area contributed by atoms with Crippen molar-refractivity contribution in [2.24, 2.45) is 0 Å². The summed E-state index contributed by atoms with van der Waals surface area (Å²) in [6.45, 7) is 5.61. The van der Waals surface area contributed by atoms with Crippen LogP contribution in [0.15, 0.2) is 48.7 Å². The Morgan fingerprint density at radius 2 is 1.72 bits per heavy atom. The van der Waals surface area contributed by atoms with Crippen LogP contribution in [0, 0.1) is 0 Å². The third-order valence-corrected chi connectivity index (χ3v) is 4.84. The van der Waals surface area contributed by atoms with Crippen LogP contribution in [0.1, 0.15) is 42.7 Å². The Morgan fingerprint density at radius 3 is 2.34 bits per heavy atom. The van der Waals surface area contributed by atoms with Gasteiger partial charge >= 0.3 is 5.97 Å². The molecule has 29 heavy (non-hydrogen) atoms. The molecule has 0 unspecified atom stereocenters. The topological polar surface area (TPSA) is 63.9 Å². The van der Waals surface area contributed by atoms with E-state index in [1.165, 1.54) is 7.11 Å². The van der Waals surface area contributed by atoms with E-state index in [0.717, 1.165) is 42.9 Å². The third-order valence-electron chi connectivity index (χ3n) is 4.84. The van der Waals surface area contributed by atoms with Crippen LogP contribution in [0.3, 0.4) is 0 Å². The molecule has 0 fully saturated rings. The number of rotatable bonds is 8. The number of benzene rings is 1. The van der Waals surface area contributed by atoms with Gasteiger partial charge in [0.25, 0.3) is 0 Å². The van der Waals surface area contributed by atoms with Crippen LogP contribution < -0.4 is 0 Å². The van der Waals surface area contributed by atoms with Crippen molar-refractivity contribution in [1.82, 2.24) is 14.3 Å². The van der Waals surface area contributed by atoms with E-state index in [-0.39, 0.29) is 12.3 Å². The molecule has 3 aromatic rings. The molecular formula is C23H27N3O3. The average molecular weight is 393 g/mol. The summed E-state index contributed by atoms with van der Waals surface area (Å²) in [7, 11) is 1.35. The average Bonchev–Trinajstić information content (AvgIpc) is 3.11. The SMILES string of the molecule is CCCN(CCC)C(=O)Cc1c(-c2ccccc2)nc2ccc(C(=O)OC)cn12. The molecule has 0 aliphatic rings. The van der Waals surface area contributed by atoms with Gasteiger partial charge in [-0.15, -0.1) is 0 Å². The second kappa shape index (κ2) is 9.37. The van der Waals surface area contributed by atoms with Gasteiger partial charge in [-0.2, -0.15) is 0 Å². The van der Waals surface area contributed by atoms with Gasteiger partial charge in [-0.3, -0.25) is 4.79 Å². The second-order valence-corrected chi connectivity index (χ2v) is 6.97. The summed E-state index contributed by atoms with van der Waals surface area (Å²) in [5.41, 5.74) is 3.59. The third kappa shape index (κ3) is 4.47. The van der Waals surface area contributed by atoms with E-state index in [4.69, 9.17) is 9.72 Å². The molecule has 152 valence electrons. The molecule has 1 aromatic carbocycles. The zero-order valence-corrected chi connectivity index (χ0v) is 17.2. The van der Waals surface area contributed by atoms with Gasteiger partial charge in [0.2, 0.25) is 5.91 Å². The van der Waals surface area contributed by atoms with E-state index in [2.05, 4.69) is 13.8 Å². The van der Waals surface area contributed by atoms with E-state index in [1.807, 2.05) is 39.6 Å². The van der Waals surface area contributed by atoms with Gasteiger partial charge < -0.3 is 14.0 Å². The van der Waals surface area contributed by atoms with Gasteiger partial charge in [0, 0.05) is 24.8 Å². The fraction of sp³-hybridized carbons (Fsp3) is 0.348. The molecule has 0 bridgehead atoms. The standard InChI is InChI=1S/C23H27N3O3/c1-4-13-25(14-5-2)21(27)15-19-22(17-9-7-6-8-10-17)24-20-12-11-18(16-26(19)20)23(28)29-3/h6-12,16H,4-5,13-15H2,1-3H3. The largest absolute Gasteiger partial charge is 0.465 e. The molecule has 0 spiro atoms. The highest BCUT2D eigenvalue weighted by Crippen LogP contribution is 2.26. The van der Waals surface area contributed by atoms with Gasteiger partial charge in [0.1, 0.15) is 5.65 Å². The predicted octanol–water partition coefficient (Wildman–Crippen LogP) is 3.98. The lowest BCUT2D eigenvalue weighted by Crippen LogP contribution is -2.34. The maximum atomic E-state index is 13.1. The number of methoxy groups -OCH3 is 1. The monoisotopic (exact) mass is 393 g/mol. The molecule has 2 aromatic heterocycles. The summed E-state index contributed by atoms with van der Waals surface area (Å²) in [6, 6.07) is 13.3. The van der Waals surface area contributed by atoms with Gasteiger partial charge in [-0.1, -0.05) is 44.2 Å². The highest BCUT2D eigenvalue weighted by atomic mass is 16.5. The Hall–Kier alpha value is -3.15. The lowest BCUT2D eigenvalue weighted by molar-refractivity contribution is -0.130.